The first-order valence-electron chi connectivity index (χ1n) is 5.90. The van der Waals surface area contributed by atoms with Crippen molar-refractivity contribution in [3.05, 3.63) is 29.3 Å². The number of carboxylic acid groups (broad SMARTS) is 1. The van der Waals surface area contributed by atoms with E-state index in [0.717, 1.165) is 16.3 Å². The Kier molecular flexibility index (Phi) is 4.20. The molecule has 18 heavy (non-hydrogen) atoms. The normalized spacial score (nSPS) is 27.3. The van der Waals surface area contributed by atoms with Crippen LogP contribution in [0.2, 0.25) is 5.02 Å². The van der Waals surface area contributed by atoms with Crippen LogP contribution in [0.3, 0.4) is 0 Å². The number of carbonyl (C=O) groups is 1. The minimum atomic E-state index is -0.754. The van der Waals surface area contributed by atoms with E-state index >= 15 is 0 Å². The predicted octanol–water partition coefficient (Wildman–Crippen LogP) is 3.03. The van der Waals surface area contributed by atoms with E-state index in [0.29, 0.717) is 18.1 Å². The van der Waals surface area contributed by atoms with Crippen molar-refractivity contribution in [3.8, 4) is 0 Å². The fourth-order valence-electron chi connectivity index (χ4n) is 2.36. The van der Waals surface area contributed by atoms with E-state index in [4.69, 9.17) is 11.6 Å². The molecule has 2 N–H and O–H groups in total. The summed E-state index contributed by atoms with van der Waals surface area (Å²) in [5, 5.41) is 13.3. The third kappa shape index (κ3) is 2.82. The third-order valence-corrected chi connectivity index (χ3v) is 4.95. The summed E-state index contributed by atoms with van der Waals surface area (Å²) >= 11 is 7.66. The second-order valence-electron chi connectivity index (χ2n) is 4.58. The zero-order chi connectivity index (χ0) is 13.2. The van der Waals surface area contributed by atoms with Crippen LogP contribution in [0, 0.1) is 0 Å². The minimum absolute atomic E-state index is 0.326. The van der Waals surface area contributed by atoms with Crippen molar-refractivity contribution in [2.75, 3.05) is 7.05 Å². The second kappa shape index (κ2) is 5.51. The smallest absolute Gasteiger partial charge is 0.323 e. The molecular formula is C13H16ClNO2S. The molecule has 5 heteroatoms. The van der Waals surface area contributed by atoms with E-state index in [2.05, 4.69) is 5.32 Å². The van der Waals surface area contributed by atoms with Gasteiger partial charge in [-0.15, -0.1) is 11.8 Å². The van der Waals surface area contributed by atoms with Crippen molar-refractivity contribution < 1.29 is 9.90 Å². The van der Waals surface area contributed by atoms with Gasteiger partial charge in [-0.05, 0) is 44.5 Å². The first-order chi connectivity index (χ1) is 8.55. The molecule has 2 unspecified atom stereocenters. The van der Waals surface area contributed by atoms with Gasteiger partial charge < -0.3 is 10.4 Å². The second-order valence-corrected chi connectivity index (χ2v) is 6.39. The number of thioether (sulfide) groups is 1. The summed E-state index contributed by atoms with van der Waals surface area (Å²) in [6.07, 6.45) is 2.23. The van der Waals surface area contributed by atoms with Crippen LogP contribution in [-0.4, -0.2) is 28.9 Å². The van der Waals surface area contributed by atoms with Crippen molar-refractivity contribution >= 4 is 29.3 Å². The Labute approximate surface area is 116 Å². The Balaban J connectivity index is 2.03. The number of benzene rings is 1. The van der Waals surface area contributed by atoms with Crippen LogP contribution >= 0.6 is 23.4 Å². The van der Waals surface area contributed by atoms with Crippen LogP contribution in [-0.2, 0) is 4.79 Å². The maximum absolute atomic E-state index is 11.3. The summed E-state index contributed by atoms with van der Waals surface area (Å²) in [4.78, 5) is 12.4. The van der Waals surface area contributed by atoms with E-state index in [9.17, 15) is 9.90 Å². The molecular weight excluding hydrogens is 270 g/mol. The maximum atomic E-state index is 11.3. The van der Waals surface area contributed by atoms with Gasteiger partial charge in [0.05, 0.1) is 0 Å². The average Bonchev–Trinajstić information content (AvgIpc) is 2.74. The first-order valence-corrected chi connectivity index (χ1v) is 7.16. The summed E-state index contributed by atoms with van der Waals surface area (Å²) in [5.74, 6) is -0.751. The van der Waals surface area contributed by atoms with Gasteiger partial charge in [0.2, 0.25) is 0 Å². The zero-order valence-electron chi connectivity index (χ0n) is 10.1. The number of rotatable bonds is 4. The zero-order valence-corrected chi connectivity index (χ0v) is 11.7. The van der Waals surface area contributed by atoms with Crippen LogP contribution in [0.1, 0.15) is 19.3 Å². The Morgan fingerprint density at radius 2 is 2.39 bits per heavy atom. The molecule has 98 valence electrons. The number of hydrogen-bond acceptors (Lipinski definition) is 3. The van der Waals surface area contributed by atoms with E-state index in [1.54, 1.807) is 18.8 Å². The first kappa shape index (κ1) is 13.7. The molecule has 0 aliphatic heterocycles. The molecule has 2 rings (SSSR count). The van der Waals surface area contributed by atoms with E-state index in [1.807, 2.05) is 24.3 Å². The molecule has 1 aromatic carbocycles. The van der Waals surface area contributed by atoms with Crippen molar-refractivity contribution in [2.24, 2.45) is 0 Å². The number of aliphatic carboxylic acids is 1. The highest BCUT2D eigenvalue weighted by molar-refractivity contribution is 8.00. The average molecular weight is 286 g/mol. The molecule has 1 aliphatic rings. The van der Waals surface area contributed by atoms with Gasteiger partial charge in [0.25, 0.3) is 0 Å². The fourth-order valence-corrected chi connectivity index (χ4v) is 3.96. The van der Waals surface area contributed by atoms with Gasteiger partial charge in [-0.1, -0.05) is 17.7 Å². The largest absolute Gasteiger partial charge is 0.480 e. The molecule has 0 radical (unpaired) electrons. The van der Waals surface area contributed by atoms with Crippen LogP contribution in [0.5, 0.6) is 0 Å². The molecule has 0 spiro atoms. The molecule has 1 fully saturated rings. The standard InChI is InChI=1S/C13H16ClNO2S/c1-15-13(12(16)17)6-5-11(8-13)18-10-4-2-3-9(14)7-10/h2-4,7,11,15H,5-6,8H2,1H3,(H,16,17). The van der Waals surface area contributed by atoms with E-state index < -0.39 is 11.5 Å². The summed E-state index contributed by atoms with van der Waals surface area (Å²) < 4.78 is 0. The predicted molar refractivity (Wildman–Crippen MR) is 74.4 cm³/mol. The van der Waals surface area contributed by atoms with Gasteiger partial charge >= 0.3 is 5.97 Å². The minimum Gasteiger partial charge on any atom is -0.480 e. The highest BCUT2D eigenvalue weighted by Gasteiger charge is 2.44. The lowest BCUT2D eigenvalue weighted by Gasteiger charge is -2.23. The summed E-state index contributed by atoms with van der Waals surface area (Å²) in [5.41, 5.74) is -0.754. The molecule has 1 saturated carbocycles. The fraction of sp³-hybridized carbons (Fsp3) is 0.462. The lowest BCUT2D eigenvalue weighted by atomic mass is 9.99. The van der Waals surface area contributed by atoms with Gasteiger partial charge in [0.15, 0.2) is 0 Å². The number of halogens is 1. The summed E-state index contributed by atoms with van der Waals surface area (Å²) in [7, 11) is 1.72. The molecule has 0 heterocycles. The number of carboxylic acids is 1. The number of nitrogens with one attached hydrogen (secondary N) is 1. The molecule has 0 aromatic heterocycles. The maximum Gasteiger partial charge on any atom is 0.323 e. The van der Waals surface area contributed by atoms with E-state index in [-0.39, 0.29) is 0 Å². The highest BCUT2D eigenvalue weighted by Crippen LogP contribution is 2.40. The van der Waals surface area contributed by atoms with Crippen LogP contribution in [0.15, 0.2) is 29.2 Å². The Morgan fingerprint density at radius 3 is 2.94 bits per heavy atom. The lowest BCUT2D eigenvalue weighted by Crippen LogP contribution is -2.48. The van der Waals surface area contributed by atoms with Gasteiger partial charge in [-0.25, -0.2) is 0 Å². The Hall–Kier alpha value is -0.710. The van der Waals surface area contributed by atoms with Crippen molar-refractivity contribution in [3.63, 3.8) is 0 Å². The highest BCUT2D eigenvalue weighted by atomic mass is 35.5. The quantitative estimate of drug-likeness (QED) is 0.893. The molecule has 1 aromatic rings. The van der Waals surface area contributed by atoms with Crippen LogP contribution in [0.4, 0.5) is 0 Å². The van der Waals surface area contributed by atoms with Crippen molar-refractivity contribution in [1.29, 1.82) is 0 Å². The number of likely N-dealkylation sites (N-methyl/N-ethyl adjacent to an activating group) is 1. The molecule has 0 bridgehead atoms. The Morgan fingerprint density at radius 1 is 1.61 bits per heavy atom. The lowest BCUT2D eigenvalue weighted by molar-refractivity contribution is -0.144. The van der Waals surface area contributed by atoms with Crippen molar-refractivity contribution in [2.45, 2.75) is 34.9 Å². The number of hydrogen-bond donors (Lipinski definition) is 2. The molecule has 3 nitrogen and oxygen atoms in total. The monoisotopic (exact) mass is 285 g/mol. The molecule has 1 aliphatic carbocycles. The molecule has 2 atom stereocenters. The van der Waals surface area contributed by atoms with Crippen LogP contribution < -0.4 is 5.32 Å². The summed E-state index contributed by atoms with van der Waals surface area (Å²) in [6.45, 7) is 0. The SMILES string of the molecule is CNC1(C(=O)O)CCC(Sc2cccc(Cl)c2)C1. The Bertz CT molecular complexity index is 454. The van der Waals surface area contributed by atoms with Gasteiger partial charge in [0.1, 0.15) is 5.54 Å². The van der Waals surface area contributed by atoms with Crippen molar-refractivity contribution in [1.82, 2.24) is 5.32 Å². The third-order valence-electron chi connectivity index (χ3n) is 3.46. The van der Waals surface area contributed by atoms with Crippen LogP contribution in [0.25, 0.3) is 0 Å². The molecule has 0 saturated heterocycles. The topological polar surface area (TPSA) is 49.3 Å². The van der Waals surface area contributed by atoms with E-state index in [1.165, 1.54) is 0 Å². The van der Waals surface area contributed by atoms with Gasteiger partial charge in [-0.3, -0.25) is 4.79 Å². The van der Waals surface area contributed by atoms with Gasteiger partial charge in [0, 0.05) is 15.2 Å². The molecule has 0 amide bonds. The van der Waals surface area contributed by atoms with Gasteiger partial charge in [-0.2, -0.15) is 0 Å². The summed E-state index contributed by atoms with van der Waals surface area (Å²) in [6, 6.07) is 7.70.